The molecule has 0 aliphatic heterocycles. The molecule has 2 atom stereocenters. The van der Waals surface area contributed by atoms with Gasteiger partial charge in [-0.05, 0) is 24.2 Å². The lowest BCUT2D eigenvalue weighted by Crippen LogP contribution is -2.40. The fraction of sp³-hybridized carbons (Fsp3) is 1.00. The quantitative estimate of drug-likeness (QED) is 0.663. The Labute approximate surface area is 83.1 Å². The Balaban J connectivity index is 2.67. The van der Waals surface area contributed by atoms with Gasteiger partial charge in [-0.1, -0.05) is 46.5 Å². The highest BCUT2D eigenvalue weighted by Gasteiger charge is 2.32. The van der Waals surface area contributed by atoms with Gasteiger partial charge in [0.15, 0.2) is 0 Å². The lowest BCUT2D eigenvalue weighted by Gasteiger charge is -2.39. The van der Waals surface area contributed by atoms with Crippen LogP contribution in [-0.2, 0) is 0 Å². The molecule has 0 aromatic rings. The molecule has 78 valence electrons. The van der Waals surface area contributed by atoms with Crippen molar-refractivity contribution < 1.29 is 0 Å². The van der Waals surface area contributed by atoms with E-state index in [0.717, 1.165) is 5.92 Å². The average Bonchev–Trinajstić information content (AvgIpc) is 2.02. The highest BCUT2D eigenvalue weighted by atomic mass is 14.7. The monoisotopic (exact) mass is 183 g/mol. The molecular weight excluding hydrogens is 158 g/mol. The van der Waals surface area contributed by atoms with E-state index < -0.39 is 0 Å². The number of rotatable bonds is 1. The summed E-state index contributed by atoms with van der Waals surface area (Å²) in [7, 11) is 0. The molecule has 1 rings (SSSR count). The van der Waals surface area contributed by atoms with E-state index in [2.05, 4.69) is 20.8 Å². The molecule has 2 N–H and O–H groups in total. The van der Waals surface area contributed by atoms with Crippen molar-refractivity contribution in [2.24, 2.45) is 17.1 Å². The smallest absolute Gasteiger partial charge is 0.00721 e. The average molecular weight is 183 g/mol. The first-order valence-corrected chi connectivity index (χ1v) is 5.83. The normalized spacial score (nSPS) is 35.1. The Morgan fingerprint density at radius 2 is 1.92 bits per heavy atom. The zero-order chi connectivity index (χ0) is 9.90. The van der Waals surface area contributed by atoms with Crippen molar-refractivity contribution in [2.45, 2.75) is 65.3 Å². The van der Waals surface area contributed by atoms with Crippen LogP contribution in [0.4, 0.5) is 0 Å². The van der Waals surface area contributed by atoms with E-state index >= 15 is 0 Å². The van der Waals surface area contributed by atoms with Crippen molar-refractivity contribution in [1.82, 2.24) is 0 Å². The van der Waals surface area contributed by atoms with Crippen LogP contribution in [0, 0.1) is 11.3 Å². The molecular formula is C12H25N. The van der Waals surface area contributed by atoms with Gasteiger partial charge >= 0.3 is 0 Å². The van der Waals surface area contributed by atoms with Crippen LogP contribution in [0.5, 0.6) is 0 Å². The number of hydrogen-bond donors (Lipinski definition) is 1. The highest BCUT2D eigenvalue weighted by Crippen LogP contribution is 2.39. The maximum Gasteiger partial charge on any atom is 0.00721 e. The summed E-state index contributed by atoms with van der Waals surface area (Å²) in [6.07, 6.45) is 7.97. The van der Waals surface area contributed by atoms with E-state index in [0.29, 0.717) is 11.5 Å². The molecule has 0 amide bonds. The van der Waals surface area contributed by atoms with Gasteiger partial charge < -0.3 is 5.73 Å². The van der Waals surface area contributed by atoms with Crippen molar-refractivity contribution in [3.63, 3.8) is 0 Å². The topological polar surface area (TPSA) is 26.0 Å². The van der Waals surface area contributed by atoms with Gasteiger partial charge in [0.25, 0.3) is 0 Å². The first kappa shape index (κ1) is 11.0. The lowest BCUT2D eigenvalue weighted by molar-refractivity contribution is 0.135. The summed E-state index contributed by atoms with van der Waals surface area (Å²) in [6.45, 7) is 7.08. The molecule has 2 unspecified atom stereocenters. The molecule has 1 nitrogen and oxygen atoms in total. The largest absolute Gasteiger partial charge is 0.327 e. The second kappa shape index (κ2) is 4.45. The molecule has 1 fully saturated rings. The van der Waals surface area contributed by atoms with Gasteiger partial charge in [0.05, 0.1) is 0 Å². The summed E-state index contributed by atoms with van der Waals surface area (Å²) in [5.41, 5.74) is 6.70. The second-order valence-corrected chi connectivity index (χ2v) is 5.27. The summed E-state index contributed by atoms with van der Waals surface area (Å²) < 4.78 is 0. The SMILES string of the molecule is CCC1C(N)CCCCCC1(C)C. The maximum atomic E-state index is 6.23. The van der Waals surface area contributed by atoms with Gasteiger partial charge in [-0.15, -0.1) is 0 Å². The van der Waals surface area contributed by atoms with E-state index in [-0.39, 0.29) is 0 Å². The first-order valence-electron chi connectivity index (χ1n) is 5.83. The minimum absolute atomic E-state index is 0.445. The van der Waals surface area contributed by atoms with Gasteiger partial charge in [-0.3, -0.25) is 0 Å². The van der Waals surface area contributed by atoms with Crippen molar-refractivity contribution in [3.05, 3.63) is 0 Å². The van der Waals surface area contributed by atoms with E-state index in [1.54, 1.807) is 0 Å². The lowest BCUT2D eigenvalue weighted by atomic mass is 9.68. The van der Waals surface area contributed by atoms with Gasteiger partial charge in [-0.2, -0.15) is 0 Å². The molecule has 1 heteroatoms. The molecule has 0 bridgehead atoms. The Morgan fingerprint density at radius 3 is 2.54 bits per heavy atom. The van der Waals surface area contributed by atoms with Crippen molar-refractivity contribution in [3.8, 4) is 0 Å². The van der Waals surface area contributed by atoms with Crippen LogP contribution in [0.3, 0.4) is 0 Å². The zero-order valence-electron chi connectivity index (χ0n) is 9.47. The van der Waals surface area contributed by atoms with Crippen molar-refractivity contribution in [2.75, 3.05) is 0 Å². The fourth-order valence-corrected chi connectivity index (χ4v) is 2.96. The van der Waals surface area contributed by atoms with Crippen LogP contribution in [0.25, 0.3) is 0 Å². The zero-order valence-corrected chi connectivity index (χ0v) is 9.47. The molecule has 0 aromatic carbocycles. The Morgan fingerprint density at radius 1 is 1.23 bits per heavy atom. The Hall–Kier alpha value is -0.0400. The third kappa shape index (κ3) is 2.70. The highest BCUT2D eigenvalue weighted by molar-refractivity contribution is 4.86. The van der Waals surface area contributed by atoms with Crippen LogP contribution < -0.4 is 5.73 Å². The molecule has 0 radical (unpaired) electrons. The van der Waals surface area contributed by atoms with E-state index in [4.69, 9.17) is 5.73 Å². The third-order valence-electron chi connectivity index (χ3n) is 3.82. The number of hydrogen-bond acceptors (Lipinski definition) is 1. The molecule has 1 aliphatic rings. The summed E-state index contributed by atoms with van der Waals surface area (Å²) in [5.74, 6) is 0.729. The van der Waals surface area contributed by atoms with Gasteiger partial charge in [0.1, 0.15) is 0 Å². The first-order chi connectivity index (χ1) is 6.08. The third-order valence-corrected chi connectivity index (χ3v) is 3.82. The molecule has 0 heterocycles. The van der Waals surface area contributed by atoms with E-state index in [1.165, 1.54) is 38.5 Å². The van der Waals surface area contributed by atoms with Crippen LogP contribution in [-0.4, -0.2) is 6.04 Å². The minimum Gasteiger partial charge on any atom is -0.327 e. The standard InChI is InChI=1S/C12H25N/c1-4-10-11(13)8-6-5-7-9-12(10,2)3/h10-11H,4-9,13H2,1-3H3. The second-order valence-electron chi connectivity index (χ2n) is 5.27. The molecule has 0 saturated heterocycles. The molecule has 0 spiro atoms. The van der Waals surface area contributed by atoms with Gasteiger partial charge in [0, 0.05) is 6.04 Å². The summed E-state index contributed by atoms with van der Waals surface area (Å²) in [6, 6.07) is 0.445. The molecule has 0 aromatic heterocycles. The Kier molecular flexibility index (Phi) is 3.78. The Bertz CT molecular complexity index is 151. The summed E-state index contributed by atoms with van der Waals surface area (Å²) >= 11 is 0. The molecule has 13 heavy (non-hydrogen) atoms. The van der Waals surface area contributed by atoms with Crippen LogP contribution in [0.2, 0.25) is 0 Å². The number of nitrogens with two attached hydrogens (primary N) is 1. The fourth-order valence-electron chi connectivity index (χ4n) is 2.96. The van der Waals surface area contributed by atoms with E-state index in [9.17, 15) is 0 Å². The summed E-state index contributed by atoms with van der Waals surface area (Å²) in [4.78, 5) is 0. The summed E-state index contributed by atoms with van der Waals surface area (Å²) in [5, 5.41) is 0. The van der Waals surface area contributed by atoms with Crippen LogP contribution >= 0.6 is 0 Å². The van der Waals surface area contributed by atoms with E-state index in [1.807, 2.05) is 0 Å². The molecule has 1 aliphatic carbocycles. The predicted molar refractivity (Wildman–Crippen MR) is 58.6 cm³/mol. The van der Waals surface area contributed by atoms with Gasteiger partial charge in [-0.25, -0.2) is 0 Å². The van der Waals surface area contributed by atoms with Gasteiger partial charge in [0.2, 0.25) is 0 Å². The van der Waals surface area contributed by atoms with Crippen LogP contribution in [0.1, 0.15) is 59.3 Å². The van der Waals surface area contributed by atoms with Crippen LogP contribution in [0.15, 0.2) is 0 Å². The van der Waals surface area contributed by atoms with Crippen molar-refractivity contribution >= 4 is 0 Å². The molecule has 1 saturated carbocycles. The predicted octanol–water partition coefficient (Wildman–Crippen LogP) is 3.33. The minimum atomic E-state index is 0.445. The van der Waals surface area contributed by atoms with Crippen molar-refractivity contribution in [1.29, 1.82) is 0 Å². The maximum absolute atomic E-state index is 6.23.